The van der Waals surface area contributed by atoms with Gasteiger partial charge in [0.25, 0.3) is 17.2 Å². The fourth-order valence-corrected chi connectivity index (χ4v) is 3.04. The Kier molecular flexibility index (Phi) is 6.41. The number of hydrogen-bond acceptors (Lipinski definition) is 6. The van der Waals surface area contributed by atoms with E-state index in [0.717, 1.165) is 0 Å². The topological polar surface area (TPSA) is 119 Å². The minimum absolute atomic E-state index is 0.0170. The molecule has 0 bridgehead atoms. The molecular formula is C21H23N5O4. The maximum absolute atomic E-state index is 12.7. The van der Waals surface area contributed by atoms with Gasteiger partial charge in [0, 0.05) is 42.8 Å². The average Bonchev–Trinajstić information content (AvgIpc) is 2.73. The van der Waals surface area contributed by atoms with Crippen molar-refractivity contribution < 1.29 is 9.72 Å². The molecule has 1 aromatic heterocycles. The van der Waals surface area contributed by atoms with E-state index in [1.165, 1.54) is 16.8 Å². The smallest absolute Gasteiger partial charge is 0.274 e. The van der Waals surface area contributed by atoms with E-state index in [4.69, 9.17) is 0 Å². The molecule has 3 rings (SSSR count). The van der Waals surface area contributed by atoms with Crippen LogP contribution < -0.4 is 16.2 Å². The zero-order valence-electron chi connectivity index (χ0n) is 16.8. The summed E-state index contributed by atoms with van der Waals surface area (Å²) >= 11 is 0. The maximum atomic E-state index is 12.7. The number of carbonyl (C=O) groups is 1. The molecule has 156 valence electrons. The number of carbonyl (C=O) groups excluding carboxylic acids is 1. The minimum Gasteiger partial charge on any atom is -0.383 e. The normalized spacial score (nSPS) is 10.9. The quantitative estimate of drug-likeness (QED) is 0.335. The van der Waals surface area contributed by atoms with Gasteiger partial charge in [-0.25, -0.2) is 4.68 Å². The largest absolute Gasteiger partial charge is 0.383 e. The summed E-state index contributed by atoms with van der Waals surface area (Å²) in [6.07, 6.45) is 0. The van der Waals surface area contributed by atoms with E-state index in [1.54, 1.807) is 36.4 Å². The van der Waals surface area contributed by atoms with Crippen molar-refractivity contribution in [3.8, 4) is 0 Å². The molecule has 0 fully saturated rings. The van der Waals surface area contributed by atoms with Crippen LogP contribution in [-0.4, -0.2) is 33.7 Å². The first-order chi connectivity index (χ1) is 14.4. The highest BCUT2D eigenvalue weighted by Gasteiger charge is 2.16. The summed E-state index contributed by atoms with van der Waals surface area (Å²) in [6, 6.07) is 13.0. The van der Waals surface area contributed by atoms with Crippen LogP contribution in [0.2, 0.25) is 0 Å². The number of hydrogen-bond donors (Lipinski definition) is 2. The Morgan fingerprint density at radius 1 is 1.10 bits per heavy atom. The highest BCUT2D eigenvalue weighted by atomic mass is 16.6. The van der Waals surface area contributed by atoms with Crippen molar-refractivity contribution in [2.75, 3.05) is 18.4 Å². The number of nitrogens with one attached hydrogen (secondary N) is 2. The Balaban J connectivity index is 1.69. The van der Waals surface area contributed by atoms with Gasteiger partial charge >= 0.3 is 0 Å². The summed E-state index contributed by atoms with van der Waals surface area (Å²) in [5.74, 6) is -0.160. The molecule has 1 heterocycles. The highest BCUT2D eigenvalue weighted by molar-refractivity contribution is 6.04. The van der Waals surface area contributed by atoms with Crippen LogP contribution in [0.15, 0.2) is 53.3 Å². The van der Waals surface area contributed by atoms with Crippen molar-refractivity contribution in [3.63, 3.8) is 0 Å². The van der Waals surface area contributed by atoms with E-state index in [2.05, 4.69) is 15.7 Å². The lowest BCUT2D eigenvalue weighted by molar-refractivity contribution is -0.384. The van der Waals surface area contributed by atoms with Gasteiger partial charge < -0.3 is 10.6 Å². The second-order valence-corrected chi connectivity index (χ2v) is 7.26. The third-order valence-electron chi connectivity index (χ3n) is 4.44. The predicted molar refractivity (Wildman–Crippen MR) is 115 cm³/mol. The van der Waals surface area contributed by atoms with Gasteiger partial charge in [-0.3, -0.25) is 19.7 Å². The van der Waals surface area contributed by atoms with Crippen molar-refractivity contribution in [3.05, 3.63) is 74.7 Å². The lowest BCUT2D eigenvalue weighted by Crippen LogP contribution is -2.33. The van der Waals surface area contributed by atoms with E-state index >= 15 is 0 Å². The van der Waals surface area contributed by atoms with E-state index in [1.807, 2.05) is 13.8 Å². The van der Waals surface area contributed by atoms with E-state index in [9.17, 15) is 19.7 Å². The van der Waals surface area contributed by atoms with Crippen molar-refractivity contribution in [2.24, 2.45) is 5.92 Å². The molecule has 9 heteroatoms. The molecule has 0 saturated carbocycles. The summed E-state index contributed by atoms with van der Waals surface area (Å²) in [4.78, 5) is 35.6. The van der Waals surface area contributed by atoms with Gasteiger partial charge in [0.1, 0.15) is 0 Å². The third kappa shape index (κ3) is 4.80. The summed E-state index contributed by atoms with van der Waals surface area (Å²) < 4.78 is 1.34. The van der Waals surface area contributed by atoms with Crippen LogP contribution >= 0.6 is 0 Å². The third-order valence-corrected chi connectivity index (χ3v) is 4.44. The summed E-state index contributed by atoms with van der Waals surface area (Å²) in [6.45, 7) is 5.12. The number of aromatic nitrogens is 2. The molecule has 2 N–H and O–H groups in total. The first-order valence-electron chi connectivity index (χ1n) is 9.63. The summed E-state index contributed by atoms with van der Waals surface area (Å²) in [7, 11) is 0. The first-order valence-corrected chi connectivity index (χ1v) is 9.63. The van der Waals surface area contributed by atoms with Gasteiger partial charge in [-0.1, -0.05) is 32.0 Å². The zero-order chi connectivity index (χ0) is 21.7. The number of amides is 1. The van der Waals surface area contributed by atoms with Crippen LogP contribution in [0.3, 0.4) is 0 Å². The molecule has 1 amide bonds. The molecule has 0 saturated heterocycles. The number of nitro groups is 1. The average molecular weight is 409 g/mol. The summed E-state index contributed by atoms with van der Waals surface area (Å²) in [5.41, 5.74) is 0.726. The highest BCUT2D eigenvalue weighted by Crippen LogP contribution is 2.15. The fourth-order valence-electron chi connectivity index (χ4n) is 3.04. The Morgan fingerprint density at radius 2 is 1.77 bits per heavy atom. The summed E-state index contributed by atoms with van der Waals surface area (Å²) in [5, 5.41) is 21.9. The van der Waals surface area contributed by atoms with Gasteiger partial charge in [0.15, 0.2) is 5.69 Å². The standard InChI is InChI=1S/C21H23N5O4/c1-14(2)13-25-21(28)18-6-4-3-5-17(18)19(24-25)20(27)23-12-11-22-15-7-9-16(10-8-15)26(29)30/h3-10,14,22H,11-13H2,1-2H3,(H,23,27). The van der Waals surface area contributed by atoms with Crippen molar-refractivity contribution >= 4 is 28.1 Å². The van der Waals surface area contributed by atoms with E-state index in [0.29, 0.717) is 36.1 Å². The lowest BCUT2D eigenvalue weighted by Gasteiger charge is -2.13. The molecule has 3 aromatic rings. The van der Waals surface area contributed by atoms with Crippen LogP contribution in [0.1, 0.15) is 24.3 Å². The Bertz CT molecular complexity index is 1120. The molecule has 9 nitrogen and oxygen atoms in total. The van der Waals surface area contributed by atoms with Crippen LogP contribution in [-0.2, 0) is 6.54 Å². The fraction of sp³-hybridized carbons (Fsp3) is 0.286. The Labute approximate surface area is 172 Å². The van der Waals surface area contributed by atoms with Crippen molar-refractivity contribution in [1.29, 1.82) is 0 Å². The molecule has 0 atom stereocenters. The second-order valence-electron chi connectivity index (χ2n) is 7.26. The molecule has 0 aliphatic carbocycles. The second kappa shape index (κ2) is 9.17. The molecule has 0 spiro atoms. The molecule has 30 heavy (non-hydrogen) atoms. The SMILES string of the molecule is CC(C)Cn1nc(C(=O)NCCNc2ccc([N+](=O)[O-])cc2)c2ccccc2c1=O. The van der Waals surface area contributed by atoms with Gasteiger partial charge in [-0.15, -0.1) is 0 Å². The van der Waals surface area contributed by atoms with Gasteiger partial charge in [-0.2, -0.15) is 5.10 Å². The van der Waals surface area contributed by atoms with Gasteiger partial charge in [0.05, 0.1) is 10.3 Å². The number of nitrogens with zero attached hydrogens (tertiary/aromatic N) is 3. The lowest BCUT2D eigenvalue weighted by atomic mass is 10.1. The van der Waals surface area contributed by atoms with Crippen molar-refractivity contribution in [2.45, 2.75) is 20.4 Å². The van der Waals surface area contributed by atoms with Gasteiger partial charge in [-0.05, 0) is 24.1 Å². The zero-order valence-corrected chi connectivity index (χ0v) is 16.8. The molecule has 0 aliphatic rings. The van der Waals surface area contributed by atoms with Crippen LogP contribution in [0.25, 0.3) is 10.8 Å². The number of rotatable bonds is 8. The van der Waals surface area contributed by atoms with E-state index < -0.39 is 4.92 Å². The van der Waals surface area contributed by atoms with Crippen molar-refractivity contribution in [1.82, 2.24) is 15.1 Å². The van der Waals surface area contributed by atoms with Crippen LogP contribution in [0.5, 0.6) is 0 Å². The number of nitro benzene ring substituents is 1. The number of anilines is 1. The number of non-ortho nitro benzene ring substituents is 1. The first kappa shape index (κ1) is 21.0. The molecular weight excluding hydrogens is 386 g/mol. The van der Waals surface area contributed by atoms with Crippen LogP contribution in [0, 0.1) is 16.0 Å². The van der Waals surface area contributed by atoms with E-state index in [-0.39, 0.29) is 28.8 Å². The monoisotopic (exact) mass is 409 g/mol. The van der Waals surface area contributed by atoms with Crippen LogP contribution in [0.4, 0.5) is 11.4 Å². The molecule has 0 aliphatic heterocycles. The number of fused-ring (bicyclic) bond motifs is 1. The Hall–Kier alpha value is -3.75. The number of benzene rings is 2. The molecule has 2 aromatic carbocycles. The van der Waals surface area contributed by atoms with Gasteiger partial charge in [0.2, 0.25) is 0 Å². The maximum Gasteiger partial charge on any atom is 0.274 e. The molecule has 0 radical (unpaired) electrons. The predicted octanol–water partition coefficient (Wildman–Crippen LogP) is 2.80. The molecule has 0 unspecified atom stereocenters. The Morgan fingerprint density at radius 3 is 2.40 bits per heavy atom. The minimum atomic E-state index is -0.458.